The number of nitrogens with one attached hydrogen (secondary N) is 1. The van der Waals surface area contributed by atoms with Gasteiger partial charge in [-0.15, -0.1) is 0 Å². The van der Waals surface area contributed by atoms with Crippen LogP contribution in [-0.2, 0) is 0 Å². The SMILES string of the molecule is CC(C)Oc1ccc(NC(=O)N2CCCC2)cc1. The summed E-state index contributed by atoms with van der Waals surface area (Å²) in [6, 6.07) is 7.47. The third-order valence-electron chi connectivity index (χ3n) is 2.87. The molecule has 2 rings (SSSR count). The van der Waals surface area contributed by atoms with Gasteiger partial charge >= 0.3 is 6.03 Å². The summed E-state index contributed by atoms with van der Waals surface area (Å²) in [6.45, 7) is 5.70. The minimum absolute atomic E-state index is 0.00923. The Hall–Kier alpha value is -1.71. The molecule has 0 unspecified atom stereocenters. The Labute approximate surface area is 108 Å². The second-order valence-corrected chi connectivity index (χ2v) is 4.82. The van der Waals surface area contributed by atoms with Crippen LogP contribution in [0.1, 0.15) is 26.7 Å². The number of likely N-dealkylation sites (tertiary alicyclic amines) is 1. The van der Waals surface area contributed by atoms with Gasteiger partial charge in [0, 0.05) is 18.8 Å². The Kier molecular flexibility index (Phi) is 4.07. The predicted molar refractivity (Wildman–Crippen MR) is 72.0 cm³/mol. The number of hydrogen-bond acceptors (Lipinski definition) is 2. The lowest BCUT2D eigenvalue weighted by molar-refractivity contribution is 0.222. The van der Waals surface area contributed by atoms with Gasteiger partial charge in [-0.3, -0.25) is 0 Å². The van der Waals surface area contributed by atoms with Crippen LogP contribution in [0.2, 0.25) is 0 Å². The monoisotopic (exact) mass is 248 g/mol. The van der Waals surface area contributed by atoms with Gasteiger partial charge in [-0.2, -0.15) is 0 Å². The number of anilines is 1. The largest absolute Gasteiger partial charge is 0.491 e. The highest BCUT2D eigenvalue weighted by Gasteiger charge is 2.17. The molecule has 0 bridgehead atoms. The van der Waals surface area contributed by atoms with Gasteiger partial charge in [-0.05, 0) is 51.0 Å². The third-order valence-corrected chi connectivity index (χ3v) is 2.87. The molecule has 0 spiro atoms. The smallest absolute Gasteiger partial charge is 0.321 e. The topological polar surface area (TPSA) is 41.6 Å². The van der Waals surface area contributed by atoms with Gasteiger partial charge in [-0.1, -0.05) is 0 Å². The van der Waals surface area contributed by atoms with E-state index in [4.69, 9.17) is 4.74 Å². The summed E-state index contributed by atoms with van der Waals surface area (Å²) in [7, 11) is 0. The summed E-state index contributed by atoms with van der Waals surface area (Å²) in [4.78, 5) is 13.7. The fourth-order valence-electron chi connectivity index (χ4n) is 2.01. The molecule has 1 N–H and O–H groups in total. The van der Waals surface area contributed by atoms with Crippen molar-refractivity contribution < 1.29 is 9.53 Å². The highest BCUT2D eigenvalue weighted by Crippen LogP contribution is 2.18. The fourth-order valence-corrected chi connectivity index (χ4v) is 2.01. The van der Waals surface area contributed by atoms with Gasteiger partial charge in [0.05, 0.1) is 6.10 Å². The number of amides is 2. The van der Waals surface area contributed by atoms with E-state index in [0.29, 0.717) is 0 Å². The van der Waals surface area contributed by atoms with E-state index in [2.05, 4.69) is 5.32 Å². The van der Waals surface area contributed by atoms with E-state index in [-0.39, 0.29) is 12.1 Å². The summed E-state index contributed by atoms with van der Waals surface area (Å²) in [5.74, 6) is 0.823. The quantitative estimate of drug-likeness (QED) is 0.893. The van der Waals surface area contributed by atoms with E-state index in [9.17, 15) is 4.79 Å². The van der Waals surface area contributed by atoms with Crippen LogP contribution in [0.5, 0.6) is 5.75 Å². The minimum atomic E-state index is -0.00923. The van der Waals surface area contributed by atoms with E-state index in [1.807, 2.05) is 43.0 Å². The van der Waals surface area contributed by atoms with Crippen molar-refractivity contribution in [1.82, 2.24) is 4.90 Å². The highest BCUT2D eigenvalue weighted by atomic mass is 16.5. The van der Waals surface area contributed by atoms with Gasteiger partial charge in [0.1, 0.15) is 5.75 Å². The molecule has 0 atom stereocenters. The molecule has 1 aromatic rings. The Bertz CT molecular complexity index is 395. The summed E-state index contributed by atoms with van der Waals surface area (Å²) in [6.07, 6.45) is 2.37. The van der Waals surface area contributed by atoms with Gasteiger partial charge < -0.3 is 15.0 Å². The molecule has 1 aromatic carbocycles. The molecule has 0 aliphatic carbocycles. The van der Waals surface area contributed by atoms with Crippen LogP contribution in [0.4, 0.5) is 10.5 Å². The lowest BCUT2D eigenvalue weighted by Gasteiger charge is -2.16. The van der Waals surface area contributed by atoms with Crippen LogP contribution in [0, 0.1) is 0 Å². The van der Waals surface area contributed by atoms with Crippen LogP contribution < -0.4 is 10.1 Å². The maximum atomic E-state index is 11.9. The molecule has 0 radical (unpaired) electrons. The lowest BCUT2D eigenvalue weighted by atomic mass is 10.3. The van der Waals surface area contributed by atoms with E-state index < -0.39 is 0 Å². The number of ether oxygens (including phenoxy) is 1. The van der Waals surface area contributed by atoms with Gasteiger partial charge in [0.25, 0.3) is 0 Å². The molecule has 1 aliphatic heterocycles. The summed E-state index contributed by atoms with van der Waals surface area (Å²) >= 11 is 0. The van der Waals surface area contributed by atoms with Gasteiger partial charge in [-0.25, -0.2) is 4.79 Å². The van der Waals surface area contributed by atoms with Crippen molar-refractivity contribution in [3.8, 4) is 5.75 Å². The number of benzene rings is 1. The second-order valence-electron chi connectivity index (χ2n) is 4.82. The zero-order chi connectivity index (χ0) is 13.0. The van der Waals surface area contributed by atoms with Crippen molar-refractivity contribution in [1.29, 1.82) is 0 Å². The molecule has 0 saturated carbocycles. The van der Waals surface area contributed by atoms with Crippen LogP contribution in [-0.4, -0.2) is 30.1 Å². The Morgan fingerprint density at radius 1 is 1.22 bits per heavy atom. The Morgan fingerprint density at radius 2 is 1.83 bits per heavy atom. The Balaban J connectivity index is 1.91. The molecular weight excluding hydrogens is 228 g/mol. The normalized spacial score (nSPS) is 14.9. The number of nitrogens with zero attached hydrogens (tertiary/aromatic N) is 1. The zero-order valence-electron chi connectivity index (χ0n) is 11.0. The molecule has 1 saturated heterocycles. The highest BCUT2D eigenvalue weighted by molar-refractivity contribution is 5.89. The van der Waals surface area contributed by atoms with Crippen molar-refractivity contribution in [2.45, 2.75) is 32.8 Å². The number of rotatable bonds is 3. The first-order chi connectivity index (χ1) is 8.65. The van der Waals surface area contributed by atoms with Crippen LogP contribution in [0.25, 0.3) is 0 Å². The summed E-state index contributed by atoms with van der Waals surface area (Å²) < 4.78 is 5.55. The molecule has 4 nitrogen and oxygen atoms in total. The Morgan fingerprint density at radius 3 is 2.39 bits per heavy atom. The molecular formula is C14H20N2O2. The first-order valence-electron chi connectivity index (χ1n) is 6.48. The molecule has 4 heteroatoms. The molecule has 1 fully saturated rings. The number of urea groups is 1. The summed E-state index contributed by atoms with van der Waals surface area (Å²) in [5, 5.41) is 2.90. The molecule has 98 valence electrons. The van der Waals surface area contributed by atoms with E-state index in [1.54, 1.807) is 0 Å². The maximum Gasteiger partial charge on any atom is 0.321 e. The van der Waals surface area contributed by atoms with Crippen LogP contribution in [0.3, 0.4) is 0 Å². The number of carbonyl (C=O) groups is 1. The third kappa shape index (κ3) is 3.39. The van der Waals surface area contributed by atoms with E-state index in [0.717, 1.165) is 37.4 Å². The fraction of sp³-hybridized carbons (Fsp3) is 0.500. The molecule has 1 heterocycles. The van der Waals surface area contributed by atoms with E-state index >= 15 is 0 Å². The molecule has 0 aromatic heterocycles. The van der Waals surface area contributed by atoms with Crippen molar-refractivity contribution in [2.24, 2.45) is 0 Å². The van der Waals surface area contributed by atoms with Crippen molar-refractivity contribution in [2.75, 3.05) is 18.4 Å². The first kappa shape index (κ1) is 12.7. The van der Waals surface area contributed by atoms with Crippen molar-refractivity contribution in [3.05, 3.63) is 24.3 Å². The zero-order valence-corrected chi connectivity index (χ0v) is 11.0. The second kappa shape index (κ2) is 5.76. The number of hydrogen-bond donors (Lipinski definition) is 1. The maximum absolute atomic E-state index is 11.9. The molecule has 18 heavy (non-hydrogen) atoms. The predicted octanol–water partition coefficient (Wildman–Crippen LogP) is 3.10. The molecule has 2 amide bonds. The van der Waals surface area contributed by atoms with Gasteiger partial charge in [0.15, 0.2) is 0 Å². The standard InChI is InChI=1S/C14H20N2O2/c1-11(2)18-13-7-5-12(6-8-13)15-14(17)16-9-3-4-10-16/h5-8,11H,3-4,9-10H2,1-2H3,(H,15,17). The first-order valence-corrected chi connectivity index (χ1v) is 6.48. The lowest BCUT2D eigenvalue weighted by Crippen LogP contribution is -2.32. The van der Waals surface area contributed by atoms with Crippen LogP contribution in [0.15, 0.2) is 24.3 Å². The minimum Gasteiger partial charge on any atom is -0.491 e. The van der Waals surface area contributed by atoms with Gasteiger partial charge in [0.2, 0.25) is 0 Å². The van der Waals surface area contributed by atoms with Crippen molar-refractivity contribution in [3.63, 3.8) is 0 Å². The number of carbonyl (C=O) groups excluding carboxylic acids is 1. The molecule has 1 aliphatic rings. The van der Waals surface area contributed by atoms with Crippen molar-refractivity contribution >= 4 is 11.7 Å². The van der Waals surface area contributed by atoms with Crippen LogP contribution >= 0.6 is 0 Å². The van der Waals surface area contributed by atoms with E-state index in [1.165, 1.54) is 0 Å². The summed E-state index contributed by atoms with van der Waals surface area (Å²) in [5.41, 5.74) is 0.808. The average molecular weight is 248 g/mol. The average Bonchev–Trinajstić information content (AvgIpc) is 2.84.